The Labute approximate surface area is 233 Å². The van der Waals surface area contributed by atoms with Gasteiger partial charge < -0.3 is 10.2 Å². The summed E-state index contributed by atoms with van der Waals surface area (Å²) in [5, 5.41) is 25.4. The second kappa shape index (κ2) is 13.5. The van der Waals surface area contributed by atoms with Gasteiger partial charge in [0.2, 0.25) is 0 Å². The van der Waals surface area contributed by atoms with E-state index in [1.165, 1.54) is 21.2 Å². The van der Waals surface area contributed by atoms with Crippen molar-refractivity contribution in [3.63, 3.8) is 0 Å². The van der Waals surface area contributed by atoms with Gasteiger partial charge >= 0.3 is 0 Å². The molecule has 3 nitrogen and oxygen atoms in total. The number of hydrogen-bond donors (Lipinski definition) is 2. The summed E-state index contributed by atoms with van der Waals surface area (Å²) in [4.78, 5) is 2.61. The third-order valence-corrected chi connectivity index (χ3v) is 11.8. The zero-order chi connectivity index (χ0) is 26.9. The van der Waals surface area contributed by atoms with Crippen molar-refractivity contribution < 1.29 is 10.2 Å². The number of phenols is 2. The molecule has 0 saturated carbocycles. The van der Waals surface area contributed by atoms with Crippen LogP contribution in [0.4, 0.5) is 0 Å². The molecular formula is C34H33NO2P2. The van der Waals surface area contributed by atoms with Crippen molar-refractivity contribution in [3.8, 4) is 11.5 Å². The third kappa shape index (κ3) is 7.34. The minimum atomic E-state index is -0.604. The predicted octanol–water partition coefficient (Wildman–Crippen LogP) is 6.12. The van der Waals surface area contributed by atoms with E-state index in [9.17, 15) is 10.2 Å². The van der Waals surface area contributed by atoms with Crippen LogP contribution < -0.4 is 21.2 Å². The first-order valence-corrected chi connectivity index (χ1v) is 16.2. The van der Waals surface area contributed by atoms with Crippen LogP contribution in [-0.4, -0.2) is 34.2 Å². The Morgan fingerprint density at radius 3 is 1.21 bits per heavy atom. The van der Waals surface area contributed by atoms with E-state index in [-0.39, 0.29) is 11.5 Å². The molecule has 0 heterocycles. The molecule has 39 heavy (non-hydrogen) atoms. The minimum Gasteiger partial charge on any atom is -0.504 e. The van der Waals surface area contributed by atoms with Gasteiger partial charge in [-0.15, -0.1) is 0 Å². The quantitative estimate of drug-likeness (QED) is 0.154. The first-order chi connectivity index (χ1) is 19.2. The number of aromatic hydroxyl groups is 2. The van der Waals surface area contributed by atoms with E-state index in [0.29, 0.717) is 0 Å². The van der Waals surface area contributed by atoms with E-state index in [4.69, 9.17) is 0 Å². The zero-order valence-corrected chi connectivity index (χ0v) is 23.6. The topological polar surface area (TPSA) is 43.7 Å². The Hall–Kier alpha value is -3.48. The highest BCUT2D eigenvalue weighted by molar-refractivity contribution is 7.73. The van der Waals surface area contributed by atoms with Crippen LogP contribution in [0.2, 0.25) is 0 Å². The molecule has 0 fully saturated rings. The number of hydrogen-bond acceptors (Lipinski definition) is 3. The minimum absolute atomic E-state index is 0.0642. The standard InChI is InChI=1S/C34H33NO2P2/c36-33-22-21-28(25-34(33)37)23-24-35(26-38(29-13-5-1-6-14-29)30-15-7-2-8-16-30)27-39(31-17-9-3-10-18-31)32-19-11-4-12-20-32/h1-22,25,36-37H,23-24,26-27H2. The van der Waals surface area contributed by atoms with Crippen molar-refractivity contribution in [2.24, 2.45) is 0 Å². The van der Waals surface area contributed by atoms with Crippen LogP contribution in [0.15, 0.2) is 140 Å². The second-order valence-electron chi connectivity index (χ2n) is 9.45. The average Bonchev–Trinajstić information content (AvgIpc) is 3.00. The molecular weight excluding hydrogens is 516 g/mol. The van der Waals surface area contributed by atoms with Crippen LogP contribution in [0, 0.1) is 0 Å². The highest BCUT2D eigenvalue weighted by Gasteiger charge is 2.23. The van der Waals surface area contributed by atoms with E-state index in [1.54, 1.807) is 12.1 Å². The molecule has 0 aliphatic heterocycles. The van der Waals surface area contributed by atoms with E-state index < -0.39 is 15.8 Å². The molecule has 5 aromatic rings. The van der Waals surface area contributed by atoms with Crippen LogP contribution in [0.1, 0.15) is 5.56 Å². The van der Waals surface area contributed by atoms with Crippen LogP contribution in [0.5, 0.6) is 11.5 Å². The van der Waals surface area contributed by atoms with Crippen molar-refractivity contribution in [2.45, 2.75) is 6.42 Å². The van der Waals surface area contributed by atoms with Gasteiger partial charge in [0, 0.05) is 19.1 Å². The zero-order valence-electron chi connectivity index (χ0n) is 21.8. The van der Waals surface area contributed by atoms with E-state index >= 15 is 0 Å². The highest BCUT2D eigenvalue weighted by Crippen LogP contribution is 2.39. The Balaban J connectivity index is 1.49. The fourth-order valence-corrected chi connectivity index (χ4v) is 9.47. The molecule has 0 spiro atoms. The Bertz CT molecular complexity index is 1270. The molecule has 0 bridgehead atoms. The summed E-state index contributed by atoms with van der Waals surface area (Å²) in [5.41, 5.74) is 1.02. The van der Waals surface area contributed by atoms with Crippen molar-refractivity contribution >= 4 is 37.1 Å². The molecule has 0 amide bonds. The third-order valence-electron chi connectivity index (χ3n) is 6.71. The monoisotopic (exact) mass is 549 g/mol. The van der Waals surface area contributed by atoms with E-state index in [2.05, 4.69) is 126 Å². The van der Waals surface area contributed by atoms with Crippen molar-refractivity contribution in [1.29, 1.82) is 0 Å². The summed E-state index contributed by atoms with van der Waals surface area (Å²) >= 11 is 0. The number of nitrogens with zero attached hydrogens (tertiary/aromatic N) is 1. The van der Waals surface area contributed by atoms with Crippen molar-refractivity contribution in [1.82, 2.24) is 4.90 Å². The van der Waals surface area contributed by atoms with Crippen molar-refractivity contribution in [3.05, 3.63) is 145 Å². The summed E-state index contributed by atoms with van der Waals surface area (Å²) in [7, 11) is -1.21. The van der Waals surface area contributed by atoms with Gasteiger partial charge in [0.05, 0.1) is 0 Å². The molecule has 5 heteroatoms. The lowest BCUT2D eigenvalue weighted by Crippen LogP contribution is -2.33. The van der Waals surface area contributed by atoms with Crippen LogP contribution in [0.25, 0.3) is 0 Å². The number of rotatable bonds is 11. The van der Waals surface area contributed by atoms with Gasteiger partial charge in [-0.1, -0.05) is 127 Å². The lowest BCUT2D eigenvalue weighted by Gasteiger charge is -2.32. The molecule has 0 radical (unpaired) electrons. The molecule has 2 N–H and O–H groups in total. The van der Waals surface area contributed by atoms with Gasteiger partial charge in [-0.3, -0.25) is 4.90 Å². The van der Waals surface area contributed by atoms with E-state index in [0.717, 1.165) is 31.1 Å². The summed E-state index contributed by atoms with van der Waals surface area (Å²) < 4.78 is 0. The summed E-state index contributed by atoms with van der Waals surface area (Å²) in [6.45, 7) is 0.848. The van der Waals surface area contributed by atoms with Gasteiger partial charge in [-0.25, -0.2) is 0 Å². The summed E-state index contributed by atoms with van der Waals surface area (Å²) in [5.74, 6) is -0.144. The summed E-state index contributed by atoms with van der Waals surface area (Å²) in [6, 6.07) is 48.6. The predicted molar refractivity (Wildman–Crippen MR) is 168 cm³/mol. The molecule has 5 aromatic carbocycles. The maximum absolute atomic E-state index is 10.1. The fraction of sp³-hybridized carbons (Fsp3) is 0.118. The van der Waals surface area contributed by atoms with Gasteiger partial charge in [-0.2, -0.15) is 0 Å². The van der Waals surface area contributed by atoms with Gasteiger partial charge in [0.15, 0.2) is 11.5 Å². The molecule has 0 aliphatic carbocycles. The average molecular weight is 550 g/mol. The van der Waals surface area contributed by atoms with Crippen LogP contribution in [-0.2, 0) is 6.42 Å². The van der Waals surface area contributed by atoms with Gasteiger partial charge in [0.1, 0.15) is 0 Å². The largest absolute Gasteiger partial charge is 0.504 e. The molecule has 0 saturated heterocycles. The maximum atomic E-state index is 10.1. The molecule has 0 unspecified atom stereocenters. The first-order valence-electron chi connectivity index (χ1n) is 13.2. The fourth-order valence-electron chi connectivity index (χ4n) is 4.65. The summed E-state index contributed by atoms with van der Waals surface area (Å²) in [6.07, 6.45) is 2.66. The Kier molecular flexibility index (Phi) is 9.41. The molecule has 196 valence electrons. The van der Waals surface area contributed by atoms with Crippen molar-refractivity contribution in [2.75, 3.05) is 19.1 Å². The number of benzene rings is 5. The highest BCUT2D eigenvalue weighted by atomic mass is 31.1. The Morgan fingerprint density at radius 2 is 0.846 bits per heavy atom. The second-order valence-corrected chi connectivity index (χ2v) is 13.8. The first kappa shape index (κ1) is 27.1. The van der Waals surface area contributed by atoms with Crippen LogP contribution >= 0.6 is 15.8 Å². The molecule has 0 atom stereocenters. The number of phenolic OH excluding ortho intramolecular Hbond substituents is 2. The molecule has 5 rings (SSSR count). The lowest BCUT2D eigenvalue weighted by molar-refractivity contribution is 0.376. The Morgan fingerprint density at radius 1 is 0.462 bits per heavy atom. The smallest absolute Gasteiger partial charge is 0.157 e. The molecule has 0 aromatic heterocycles. The van der Waals surface area contributed by atoms with Gasteiger partial charge in [-0.05, 0) is 61.2 Å². The van der Waals surface area contributed by atoms with Gasteiger partial charge in [0.25, 0.3) is 0 Å². The SMILES string of the molecule is Oc1ccc(CCN(CP(c2ccccc2)c2ccccc2)CP(c2ccccc2)c2ccccc2)cc1O. The lowest BCUT2D eigenvalue weighted by atomic mass is 10.1. The van der Waals surface area contributed by atoms with Crippen LogP contribution in [0.3, 0.4) is 0 Å². The molecule has 0 aliphatic rings. The van der Waals surface area contributed by atoms with E-state index in [1.807, 2.05) is 6.07 Å². The normalized spacial score (nSPS) is 11.4. The maximum Gasteiger partial charge on any atom is 0.157 e.